The Morgan fingerprint density at radius 1 is 1.39 bits per heavy atom. The van der Waals surface area contributed by atoms with Crippen molar-refractivity contribution < 1.29 is 19.2 Å². The summed E-state index contributed by atoms with van der Waals surface area (Å²) < 4.78 is 11.5. The van der Waals surface area contributed by atoms with Crippen molar-refractivity contribution in [2.45, 2.75) is 33.3 Å². The van der Waals surface area contributed by atoms with Gasteiger partial charge in [-0.1, -0.05) is 6.07 Å². The minimum Gasteiger partial charge on any atom is -0.493 e. The zero-order valence-corrected chi connectivity index (χ0v) is 16.0. The lowest BCUT2D eigenvalue weighted by atomic mass is 10.1. The summed E-state index contributed by atoms with van der Waals surface area (Å²) in [6.07, 6.45) is 3.97. The first-order valence-electron chi connectivity index (χ1n) is 9.08. The second kappa shape index (κ2) is 8.12. The van der Waals surface area contributed by atoms with Crippen LogP contribution in [0.15, 0.2) is 36.4 Å². The molecule has 1 aliphatic heterocycles. The molecule has 7 heteroatoms. The smallest absolute Gasteiger partial charge is 0.271 e. The maximum atomic E-state index is 12.3. The van der Waals surface area contributed by atoms with Crippen LogP contribution in [0, 0.1) is 17.0 Å². The molecule has 0 aliphatic carbocycles. The average molecular weight is 382 g/mol. The second-order valence-electron chi connectivity index (χ2n) is 6.64. The molecule has 1 unspecified atom stereocenters. The SMILES string of the molecule is CCOc1cc2c(cc1/C=C/C(=O)Nc1cc([N+](=O)[O-])ccc1C)OC(C)C2. The van der Waals surface area contributed by atoms with E-state index in [2.05, 4.69) is 5.32 Å². The number of rotatable bonds is 6. The van der Waals surface area contributed by atoms with E-state index in [4.69, 9.17) is 9.47 Å². The van der Waals surface area contributed by atoms with Crippen LogP contribution in [0.4, 0.5) is 11.4 Å². The van der Waals surface area contributed by atoms with E-state index >= 15 is 0 Å². The van der Waals surface area contributed by atoms with Crippen molar-refractivity contribution in [1.82, 2.24) is 0 Å². The van der Waals surface area contributed by atoms with E-state index in [1.165, 1.54) is 18.2 Å². The standard InChI is InChI=1S/C21H22N2O5/c1-4-27-19-11-16-9-14(3)28-20(16)10-15(19)6-8-21(24)22-18-12-17(23(25)26)7-5-13(18)2/h5-8,10-12,14H,4,9H2,1-3H3,(H,22,24)/b8-6+. The molecule has 1 atom stereocenters. The van der Waals surface area contributed by atoms with Gasteiger partial charge in [0.15, 0.2) is 0 Å². The van der Waals surface area contributed by atoms with Gasteiger partial charge in [-0.3, -0.25) is 14.9 Å². The molecule has 3 rings (SSSR count). The summed E-state index contributed by atoms with van der Waals surface area (Å²) in [5.41, 5.74) is 2.89. The third-order valence-electron chi connectivity index (χ3n) is 4.43. The number of fused-ring (bicyclic) bond motifs is 1. The fourth-order valence-corrected chi connectivity index (χ4v) is 3.06. The van der Waals surface area contributed by atoms with E-state index in [0.29, 0.717) is 18.0 Å². The first-order chi connectivity index (χ1) is 13.4. The van der Waals surface area contributed by atoms with Crippen molar-refractivity contribution in [2.75, 3.05) is 11.9 Å². The number of amides is 1. The lowest BCUT2D eigenvalue weighted by Crippen LogP contribution is -2.09. The Labute approximate surface area is 163 Å². The highest BCUT2D eigenvalue weighted by atomic mass is 16.6. The van der Waals surface area contributed by atoms with Gasteiger partial charge >= 0.3 is 0 Å². The summed E-state index contributed by atoms with van der Waals surface area (Å²) in [6, 6.07) is 8.17. The quantitative estimate of drug-likeness (QED) is 0.457. The first kappa shape index (κ1) is 19.4. The van der Waals surface area contributed by atoms with Gasteiger partial charge < -0.3 is 14.8 Å². The topological polar surface area (TPSA) is 90.7 Å². The monoisotopic (exact) mass is 382 g/mol. The number of nitro benzene ring substituents is 1. The maximum absolute atomic E-state index is 12.3. The number of nitro groups is 1. The summed E-state index contributed by atoms with van der Waals surface area (Å²) in [5, 5.41) is 13.6. The van der Waals surface area contributed by atoms with Crippen LogP contribution >= 0.6 is 0 Å². The van der Waals surface area contributed by atoms with E-state index in [-0.39, 0.29) is 17.7 Å². The summed E-state index contributed by atoms with van der Waals surface area (Å²) in [4.78, 5) is 22.8. The normalized spacial score (nSPS) is 15.2. The molecule has 0 bridgehead atoms. The Morgan fingerprint density at radius 2 is 2.18 bits per heavy atom. The zero-order chi connectivity index (χ0) is 20.3. The molecule has 7 nitrogen and oxygen atoms in total. The van der Waals surface area contributed by atoms with E-state index in [1.807, 2.05) is 26.0 Å². The van der Waals surface area contributed by atoms with Crippen LogP contribution in [0.2, 0.25) is 0 Å². The second-order valence-corrected chi connectivity index (χ2v) is 6.64. The van der Waals surface area contributed by atoms with Gasteiger partial charge in [0.1, 0.15) is 17.6 Å². The molecule has 1 N–H and O–H groups in total. The van der Waals surface area contributed by atoms with Crippen LogP contribution in [0.25, 0.3) is 6.08 Å². The van der Waals surface area contributed by atoms with Crippen molar-refractivity contribution >= 4 is 23.4 Å². The van der Waals surface area contributed by atoms with Gasteiger partial charge in [-0.25, -0.2) is 0 Å². The van der Waals surface area contributed by atoms with Crippen molar-refractivity contribution in [2.24, 2.45) is 0 Å². The summed E-state index contributed by atoms with van der Waals surface area (Å²) >= 11 is 0. The minimum atomic E-state index is -0.495. The molecule has 1 aliphatic rings. The van der Waals surface area contributed by atoms with Gasteiger partial charge in [0, 0.05) is 35.8 Å². The molecule has 28 heavy (non-hydrogen) atoms. The predicted octanol–water partition coefficient (Wildman–Crippen LogP) is 4.28. The Kier molecular flexibility index (Phi) is 5.63. The molecule has 2 aromatic rings. The zero-order valence-electron chi connectivity index (χ0n) is 16.0. The Bertz CT molecular complexity index is 952. The third kappa shape index (κ3) is 4.31. The number of anilines is 1. The Balaban J connectivity index is 1.80. The van der Waals surface area contributed by atoms with Gasteiger partial charge in [-0.15, -0.1) is 0 Å². The van der Waals surface area contributed by atoms with E-state index in [1.54, 1.807) is 19.1 Å². The predicted molar refractivity (Wildman–Crippen MR) is 107 cm³/mol. The van der Waals surface area contributed by atoms with Crippen LogP contribution in [0.1, 0.15) is 30.5 Å². The van der Waals surface area contributed by atoms with E-state index in [0.717, 1.165) is 28.9 Å². The van der Waals surface area contributed by atoms with Crippen molar-refractivity contribution in [3.63, 3.8) is 0 Å². The molecule has 0 saturated carbocycles. The molecular formula is C21H22N2O5. The highest BCUT2D eigenvalue weighted by Gasteiger charge is 2.21. The number of ether oxygens (including phenoxy) is 2. The van der Waals surface area contributed by atoms with Gasteiger partial charge in [-0.05, 0) is 44.5 Å². The molecule has 0 aromatic heterocycles. The van der Waals surface area contributed by atoms with Crippen LogP contribution in [-0.2, 0) is 11.2 Å². The van der Waals surface area contributed by atoms with Crippen LogP contribution in [0.5, 0.6) is 11.5 Å². The van der Waals surface area contributed by atoms with Gasteiger partial charge in [0.25, 0.3) is 5.69 Å². The summed E-state index contributed by atoms with van der Waals surface area (Å²) in [6.45, 7) is 6.19. The third-order valence-corrected chi connectivity index (χ3v) is 4.43. The van der Waals surface area contributed by atoms with Crippen LogP contribution < -0.4 is 14.8 Å². The maximum Gasteiger partial charge on any atom is 0.271 e. The highest BCUT2D eigenvalue weighted by Crippen LogP contribution is 2.35. The number of benzene rings is 2. The molecule has 0 fully saturated rings. The Morgan fingerprint density at radius 3 is 2.89 bits per heavy atom. The van der Waals surface area contributed by atoms with Crippen molar-refractivity contribution in [1.29, 1.82) is 0 Å². The molecule has 2 aromatic carbocycles. The highest BCUT2D eigenvalue weighted by molar-refractivity contribution is 6.02. The van der Waals surface area contributed by atoms with Crippen molar-refractivity contribution in [3.8, 4) is 11.5 Å². The summed E-state index contributed by atoms with van der Waals surface area (Å²) in [7, 11) is 0. The number of non-ortho nitro benzene ring substituents is 1. The van der Waals surface area contributed by atoms with E-state index in [9.17, 15) is 14.9 Å². The largest absolute Gasteiger partial charge is 0.493 e. The minimum absolute atomic E-state index is 0.0756. The molecule has 0 saturated heterocycles. The summed E-state index contributed by atoms with van der Waals surface area (Å²) in [5.74, 6) is 1.10. The van der Waals surface area contributed by atoms with Crippen molar-refractivity contribution in [3.05, 3.63) is 63.2 Å². The van der Waals surface area contributed by atoms with Gasteiger partial charge in [0.2, 0.25) is 5.91 Å². The molecule has 1 amide bonds. The average Bonchev–Trinajstić information content (AvgIpc) is 3.00. The number of aryl methyl sites for hydroxylation is 1. The lowest BCUT2D eigenvalue weighted by Gasteiger charge is -2.10. The van der Waals surface area contributed by atoms with Crippen LogP contribution in [-0.4, -0.2) is 23.5 Å². The number of carbonyl (C=O) groups excluding carboxylic acids is 1. The number of hydrogen-bond donors (Lipinski definition) is 1. The lowest BCUT2D eigenvalue weighted by molar-refractivity contribution is -0.384. The van der Waals surface area contributed by atoms with Crippen LogP contribution in [0.3, 0.4) is 0 Å². The fraction of sp³-hybridized carbons (Fsp3) is 0.286. The Hall–Kier alpha value is -3.35. The molecule has 146 valence electrons. The molecule has 0 spiro atoms. The molecule has 0 radical (unpaired) electrons. The molecular weight excluding hydrogens is 360 g/mol. The van der Waals surface area contributed by atoms with Gasteiger partial charge in [0.05, 0.1) is 17.2 Å². The molecule has 1 heterocycles. The number of carbonyl (C=O) groups is 1. The first-order valence-corrected chi connectivity index (χ1v) is 9.08. The number of nitrogens with zero attached hydrogens (tertiary/aromatic N) is 1. The fourth-order valence-electron chi connectivity index (χ4n) is 3.06. The van der Waals surface area contributed by atoms with Gasteiger partial charge in [-0.2, -0.15) is 0 Å². The number of hydrogen-bond acceptors (Lipinski definition) is 5. The number of nitrogens with one attached hydrogen (secondary N) is 1. The van der Waals surface area contributed by atoms with E-state index < -0.39 is 4.92 Å².